The van der Waals surface area contributed by atoms with Crippen LogP contribution in [0.1, 0.15) is 28.9 Å². The van der Waals surface area contributed by atoms with E-state index in [1.165, 1.54) is 12.1 Å². The summed E-state index contributed by atoms with van der Waals surface area (Å²) >= 11 is 0. The lowest BCUT2D eigenvalue weighted by molar-refractivity contribution is 0.0946. The molecule has 150 valence electrons. The summed E-state index contributed by atoms with van der Waals surface area (Å²) in [6, 6.07) is 21.4. The minimum atomic E-state index is -0.332. The molecule has 0 aliphatic carbocycles. The SMILES string of the molecule is C[C@@H](CNC(=O)c1cc(-c2cccnc2)n(-c2ccc(F)cc2)n1)c1ccccc1. The lowest BCUT2D eigenvalue weighted by Gasteiger charge is -2.12. The molecule has 5 nitrogen and oxygen atoms in total. The molecule has 4 aromatic rings. The van der Waals surface area contributed by atoms with Crippen LogP contribution in [-0.2, 0) is 0 Å². The van der Waals surface area contributed by atoms with E-state index in [2.05, 4.69) is 22.3 Å². The van der Waals surface area contributed by atoms with E-state index in [4.69, 9.17) is 0 Å². The molecule has 2 aromatic carbocycles. The van der Waals surface area contributed by atoms with E-state index in [1.807, 2.05) is 42.5 Å². The molecule has 6 heteroatoms. The van der Waals surface area contributed by atoms with Gasteiger partial charge in [0.1, 0.15) is 5.82 Å². The summed E-state index contributed by atoms with van der Waals surface area (Å²) in [5, 5.41) is 7.45. The summed E-state index contributed by atoms with van der Waals surface area (Å²) in [7, 11) is 0. The highest BCUT2D eigenvalue weighted by molar-refractivity contribution is 5.93. The second-order valence-corrected chi connectivity index (χ2v) is 7.07. The molecule has 1 amide bonds. The molecular formula is C24H21FN4O. The van der Waals surface area contributed by atoms with Gasteiger partial charge in [-0.05, 0) is 53.9 Å². The molecule has 0 aliphatic heterocycles. The fourth-order valence-electron chi connectivity index (χ4n) is 3.23. The smallest absolute Gasteiger partial charge is 0.271 e. The van der Waals surface area contributed by atoms with Crippen molar-refractivity contribution in [3.8, 4) is 16.9 Å². The fraction of sp³-hybridized carbons (Fsp3) is 0.125. The summed E-state index contributed by atoms with van der Waals surface area (Å²) in [4.78, 5) is 17.0. The number of halogens is 1. The van der Waals surface area contributed by atoms with Crippen LogP contribution in [0.25, 0.3) is 16.9 Å². The summed E-state index contributed by atoms with van der Waals surface area (Å²) in [6.07, 6.45) is 3.39. The van der Waals surface area contributed by atoms with E-state index >= 15 is 0 Å². The van der Waals surface area contributed by atoms with Gasteiger partial charge in [-0.1, -0.05) is 37.3 Å². The number of aromatic nitrogens is 3. The van der Waals surface area contributed by atoms with Gasteiger partial charge in [0, 0.05) is 24.5 Å². The van der Waals surface area contributed by atoms with Gasteiger partial charge in [-0.3, -0.25) is 9.78 Å². The number of nitrogens with one attached hydrogen (secondary N) is 1. The molecule has 2 aromatic heterocycles. The van der Waals surface area contributed by atoms with Crippen LogP contribution in [0.2, 0.25) is 0 Å². The van der Waals surface area contributed by atoms with Crippen molar-refractivity contribution >= 4 is 5.91 Å². The van der Waals surface area contributed by atoms with Gasteiger partial charge >= 0.3 is 0 Å². The van der Waals surface area contributed by atoms with E-state index in [0.717, 1.165) is 11.1 Å². The molecule has 2 heterocycles. The number of hydrogen-bond donors (Lipinski definition) is 1. The Hall–Kier alpha value is -3.80. The van der Waals surface area contributed by atoms with E-state index in [-0.39, 0.29) is 17.6 Å². The van der Waals surface area contributed by atoms with Crippen molar-refractivity contribution in [2.75, 3.05) is 6.54 Å². The zero-order valence-electron chi connectivity index (χ0n) is 16.5. The van der Waals surface area contributed by atoms with Gasteiger partial charge in [-0.25, -0.2) is 9.07 Å². The maximum atomic E-state index is 13.4. The second kappa shape index (κ2) is 8.69. The number of hydrogen-bond acceptors (Lipinski definition) is 3. The first-order chi connectivity index (χ1) is 14.6. The van der Waals surface area contributed by atoms with Crippen LogP contribution >= 0.6 is 0 Å². The third-order valence-corrected chi connectivity index (χ3v) is 4.91. The highest BCUT2D eigenvalue weighted by Gasteiger charge is 2.18. The number of nitrogens with zero attached hydrogens (tertiary/aromatic N) is 3. The van der Waals surface area contributed by atoms with Gasteiger partial charge in [-0.15, -0.1) is 0 Å². The quantitative estimate of drug-likeness (QED) is 0.514. The number of carbonyl (C=O) groups excluding carboxylic acids is 1. The number of rotatable bonds is 6. The van der Waals surface area contributed by atoms with Gasteiger partial charge < -0.3 is 5.32 Å². The molecule has 0 unspecified atom stereocenters. The minimum absolute atomic E-state index is 0.173. The Morgan fingerprint density at radius 1 is 1.07 bits per heavy atom. The molecule has 1 atom stereocenters. The second-order valence-electron chi connectivity index (χ2n) is 7.07. The van der Waals surface area contributed by atoms with Gasteiger partial charge in [0.15, 0.2) is 5.69 Å². The highest BCUT2D eigenvalue weighted by Crippen LogP contribution is 2.24. The van der Waals surface area contributed by atoms with Crippen LogP contribution in [0.5, 0.6) is 0 Å². The minimum Gasteiger partial charge on any atom is -0.350 e. The zero-order valence-corrected chi connectivity index (χ0v) is 16.5. The maximum Gasteiger partial charge on any atom is 0.271 e. The van der Waals surface area contributed by atoms with Crippen LogP contribution in [0.3, 0.4) is 0 Å². The Morgan fingerprint density at radius 3 is 2.53 bits per heavy atom. The Balaban J connectivity index is 1.60. The van der Waals surface area contributed by atoms with Crippen molar-refractivity contribution < 1.29 is 9.18 Å². The predicted molar refractivity (Wildman–Crippen MR) is 114 cm³/mol. The predicted octanol–water partition coefficient (Wildman–Crippen LogP) is 4.61. The summed E-state index contributed by atoms with van der Waals surface area (Å²) in [6.45, 7) is 2.56. The van der Waals surface area contributed by atoms with E-state index in [1.54, 1.807) is 35.3 Å². The molecule has 30 heavy (non-hydrogen) atoms. The van der Waals surface area contributed by atoms with E-state index in [0.29, 0.717) is 23.6 Å². The molecule has 1 N–H and O–H groups in total. The highest BCUT2D eigenvalue weighted by atomic mass is 19.1. The monoisotopic (exact) mass is 400 g/mol. The van der Waals surface area contributed by atoms with Crippen LogP contribution < -0.4 is 5.32 Å². The first kappa shape index (κ1) is 19.5. The standard InChI is InChI=1S/C24H21FN4O/c1-17(18-6-3-2-4-7-18)15-27-24(30)22-14-23(19-8-5-13-26-16-19)29(28-22)21-11-9-20(25)10-12-21/h2-14,16-17H,15H2,1H3,(H,27,30)/t17-/m0/s1. The van der Waals surface area contributed by atoms with Crippen molar-refractivity contribution in [2.24, 2.45) is 0 Å². The molecule has 0 radical (unpaired) electrons. The van der Waals surface area contributed by atoms with Crippen molar-refractivity contribution in [3.05, 3.63) is 102 Å². The molecule has 4 rings (SSSR count). The summed E-state index contributed by atoms with van der Waals surface area (Å²) in [5.74, 6) is -0.419. The third-order valence-electron chi connectivity index (χ3n) is 4.91. The number of amides is 1. The number of benzene rings is 2. The Kier molecular flexibility index (Phi) is 5.66. The van der Waals surface area contributed by atoms with Gasteiger partial charge in [0.05, 0.1) is 11.4 Å². The van der Waals surface area contributed by atoms with Crippen molar-refractivity contribution in [2.45, 2.75) is 12.8 Å². The van der Waals surface area contributed by atoms with E-state index < -0.39 is 0 Å². The number of pyridine rings is 1. The Bertz CT molecular complexity index is 1130. The lowest BCUT2D eigenvalue weighted by Crippen LogP contribution is -2.28. The normalized spacial score (nSPS) is 11.8. The Labute approximate surface area is 174 Å². The first-order valence-corrected chi connectivity index (χ1v) is 9.71. The van der Waals surface area contributed by atoms with E-state index in [9.17, 15) is 9.18 Å². The summed E-state index contributed by atoms with van der Waals surface area (Å²) in [5.41, 5.74) is 3.62. The largest absolute Gasteiger partial charge is 0.350 e. The molecule has 0 fully saturated rings. The average molecular weight is 400 g/mol. The molecule has 0 bridgehead atoms. The number of carbonyl (C=O) groups is 1. The van der Waals surface area contributed by atoms with Crippen molar-refractivity contribution in [1.82, 2.24) is 20.1 Å². The zero-order chi connectivity index (χ0) is 20.9. The topological polar surface area (TPSA) is 59.8 Å². The molecule has 0 saturated carbocycles. The van der Waals surface area contributed by atoms with Crippen LogP contribution in [-0.4, -0.2) is 27.2 Å². The molecular weight excluding hydrogens is 379 g/mol. The fourth-order valence-corrected chi connectivity index (χ4v) is 3.23. The van der Waals surface area contributed by atoms with Crippen LogP contribution in [0, 0.1) is 5.82 Å². The lowest BCUT2D eigenvalue weighted by atomic mass is 10.0. The molecule has 0 aliphatic rings. The molecule has 0 spiro atoms. The van der Waals surface area contributed by atoms with Gasteiger partial charge in [0.25, 0.3) is 5.91 Å². The average Bonchev–Trinajstić information content (AvgIpc) is 3.24. The van der Waals surface area contributed by atoms with Gasteiger partial charge in [0.2, 0.25) is 0 Å². The van der Waals surface area contributed by atoms with Crippen molar-refractivity contribution in [3.63, 3.8) is 0 Å². The van der Waals surface area contributed by atoms with Crippen LogP contribution in [0.4, 0.5) is 4.39 Å². The van der Waals surface area contributed by atoms with Crippen molar-refractivity contribution in [1.29, 1.82) is 0 Å². The third kappa shape index (κ3) is 4.27. The van der Waals surface area contributed by atoms with Gasteiger partial charge in [-0.2, -0.15) is 5.10 Å². The molecule has 0 saturated heterocycles. The van der Waals surface area contributed by atoms with Crippen LogP contribution in [0.15, 0.2) is 85.2 Å². The maximum absolute atomic E-state index is 13.4. The Morgan fingerprint density at radius 2 is 1.83 bits per heavy atom. The summed E-state index contributed by atoms with van der Waals surface area (Å²) < 4.78 is 15.0. The first-order valence-electron chi connectivity index (χ1n) is 9.71.